The van der Waals surface area contributed by atoms with Crippen molar-refractivity contribution in [3.8, 4) is 16.9 Å². The summed E-state index contributed by atoms with van der Waals surface area (Å²) in [5.74, 6) is -27.0. The molecule has 4 aromatic carbocycles. The number of H-pyrrole nitrogens is 1. The number of primary amides is 1. The van der Waals surface area contributed by atoms with Crippen molar-refractivity contribution in [2.45, 2.75) is 173 Å². The number of nitrogen functional groups attached to an aromatic ring is 1. The molecule has 13 atom stereocenters. The average molecular weight is 1720 g/mol. The van der Waals surface area contributed by atoms with Gasteiger partial charge in [-0.3, -0.25) is 81.5 Å². The van der Waals surface area contributed by atoms with Crippen LogP contribution in [0.4, 0.5) is 5.69 Å². The van der Waals surface area contributed by atoms with Crippen molar-refractivity contribution >= 4 is 135 Å². The van der Waals surface area contributed by atoms with Gasteiger partial charge in [0.05, 0.1) is 51.2 Å². The molecule has 6 rings (SSSR count). The molecule has 5 aromatic rings. The van der Waals surface area contributed by atoms with Gasteiger partial charge in [0.1, 0.15) is 42.1 Å². The van der Waals surface area contributed by atoms with Crippen LogP contribution in [0.2, 0.25) is 0 Å². The number of aromatic nitrogens is 1. The van der Waals surface area contributed by atoms with E-state index in [1.165, 1.54) is 39.0 Å². The Morgan fingerprint density at radius 1 is 0.626 bits per heavy atom. The van der Waals surface area contributed by atoms with Gasteiger partial charge in [-0.05, 0) is 105 Å². The zero-order valence-electron chi connectivity index (χ0n) is 68.2. The van der Waals surface area contributed by atoms with E-state index in [-0.39, 0.29) is 49.4 Å². The molecule has 1 aliphatic heterocycles. The number of aliphatic hydroxyl groups excluding tert-OH is 1. The normalized spacial score (nSPS) is 20.3. The molecule has 0 radical (unpaired) electrons. The van der Waals surface area contributed by atoms with Crippen LogP contribution >= 0.6 is 0 Å². The molecule has 662 valence electrons. The highest BCUT2D eigenvalue weighted by Gasteiger charge is 2.42. The monoisotopic (exact) mass is 1710 g/mol. The van der Waals surface area contributed by atoms with Gasteiger partial charge >= 0.3 is 30.2 Å². The molecule has 123 heavy (non-hydrogen) atoms. The van der Waals surface area contributed by atoms with Crippen molar-refractivity contribution in [1.82, 2.24) is 58.2 Å². The lowest BCUT2D eigenvalue weighted by atomic mass is 9.84. The lowest BCUT2D eigenvalue weighted by Gasteiger charge is -2.29. The number of aliphatic carboxylic acids is 2. The fourth-order valence-corrected chi connectivity index (χ4v) is 12.6. The lowest BCUT2D eigenvalue weighted by Crippen LogP contribution is -2.58. The summed E-state index contributed by atoms with van der Waals surface area (Å²) in [6.45, 7) is 5.14. The fraction of sp³-hybridized carbons (Fsp3) is 0.439. The number of benzene rings is 4. The minimum atomic E-state index is -2.55. The van der Waals surface area contributed by atoms with Gasteiger partial charge in [-0.15, -0.1) is 0 Å². The van der Waals surface area contributed by atoms with E-state index in [4.69, 9.17) is 45.9 Å². The molecule has 1 saturated heterocycles. The Balaban J connectivity index is 0.00000513. The van der Waals surface area contributed by atoms with Gasteiger partial charge in [-0.1, -0.05) is 95.1 Å². The summed E-state index contributed by atoms with van der Waals surface area (Å²) in [5.41, 5.74) is 19.8. The second-order valence-corrected chi connectivity index (χ2v) is 28.8. The molecule has 41 heteroatoms. The molecule has 0 bridgehead atoms. The van der Waals surface area contributed by atoms with Crippen LogP contribution in [-0.2, 0) is 107 Å². The molecule has 0 spiro atoms. The maximum atomic E-state index is 14.9. The molecular formula is C82H102N14O27. The Labute approximate surface area is 704 Å². The summed E-state index contributed by atoms with van der Waals surface area (Å²) in [6.07, 6.45) is -2.82. The number of Topliss-reactive ketones (excluding diaryl/α,β-unsaturated/α-hetero) is 4. The number of esters is 1. The van der Waals surface area contributed by atoms with Crippen LogP contribution < -0.4 is 75.1 Å². The number of ketones is 4. The number of fused-ring (bicyclic) bond motifs is 1. The Morgan fingerprint density at radius 2 is 1.22 bits per heavy atom. The number of carbonyl (C=O) groups excluding carboxylic acids is 20. The SMILES string of the molecule is CCCCCOc1ccc(-c2ccc(C(=O)N[C@@H](Cc3c[nH]c4ccccc34)C(=O)N[C@H](CC(N)=O)C(=O)C[C@@H](C)C(=O)N[C@@H]3C(=O)NCC(=O)N[C@@H](CCCN)C(=O)N[C@@H](CC(=O)O)C(=O)C[C@H](C)C(=O)N[C@@H](C)C(=O)NCC(=O)N[C@H](CO)C(=O)C[C@@H]([C@H](C)CC(=O)O)C(=O)N[C@@H](C(=O)c4ccccc4N)C(=O)O[C@@H]3C)cc2)cc1.O=C=O.O=C=O. The van der Waals surface area contributed by atoms with E-state index in [1.54, 1.807) is 54.7 Å². The van der Waals surface area contributed by atoms with Gasteiger partial charge in [0.2, 0.25) is 59.1 Å². The fourth-order valence-electron chi connectivity index (χ4n) is 12.6. The highest BCUT2D eigenvalue weighted by molar-refractivity contribution is 6.16. The van der Waals surface area contributed by atoms with Crippen molar-refractivity contribution in [2.24, 2.45) is 35.1 Å². The number of nitrogens with one attached hydrogen (secondary N) is 11. The van der Waals surface area contributed by atoms with Crippen molar-refractivity contribution in [2.75, 3.05) is 38.6 Å². The maximum absolute atomic E-state index is 14.9. The number of cyclic esters (lactones) is 1. The lowest BCUT2D eigenvalue weighted by molar-refractivity contribution is -0.193. The van der Waals surface area contributed by atoms with Gasteiger partial charge in [0.25, 0.3) is 5.91 Å². The summed E-state index contributed by atoms with van der Waals surface area (Å²) in [6, 6.07) is 11.2. The zero-order valence-corrected chi connectivity index (χ0v) is 68.2. The number of aliphatic hydroxyl groups is 1. The Morgan fingerprint density at radius 3 is 1.81 bits per heavy atom. The molecule has 11 amide bonds. The van der Waals surface area contributed by atoms with Crippen LogP contribution in [0.5, 0.6) is 5.75 Å². The summed E-state index contributed by atoms with van der Waals surface area (Å²) in [5, 5.41) is 54.1. The maximum Gasteiger partial charge on any atom is 0.373 e. The van der Waals surface area contributed by atoms with E-state index in [2.05, 4.69) is 65.1 Å². The van der Waals surface area contributed by atoms with E-state index in [9.17, 15) is 102 Å². The standard InChI is InChI=1S/C80H102N14O23.2CO2/c1-7-8-13-29-116-50-26-24-47(25-27-50)46-20-22-48(23-21-46)75(110)92-59(33-49-37-84-55-18-12-10-15-51(49)55)78(113)90-57(35-64(83)99)61(96)31-43(4)73(108)93-69-45(6)117-80(115)70(71(106)52-16-9-11-17-54(52)82)94-76(111)53(41(2)32-67(102)103)34-63(98)60(40-95)89-66(101)38-85-74(109)44(5)87-72(107)42(3)30-62(97)58(36-68(104)105)91-77(112)56(19-14-28-81)88-65(100)39-86-79(69)114;2*2-1-3/h9-12,15-18,20-27,37,41-45,53,56-60,69-70,84,95H,7-8,13-14,19,28-36,38-40,81-82H2,1-6H3,(H2,83,99)(H,85,109)(H,86,114)(H,87,107)(H,88,100)(H,89,101)(H,90,113)(H,91,112)(H,92,110)(H,93,108)(H,94,111)(H,102,103)(H,104,105);;/t41-,42+,43-,44+,45-,53+,56+,57-,58+,59+,60-,69+,70+;;/m1../s1. The summed E-state index contributed by atoms with van der Waals surface area (Å²) in [7, 11) is 0. The Hall–Kier alpha value is -14.0. The first-order valence-electron chi connectivity index (χ1n) is 38.9. The molecule has 20 N–H and O–H groups in total. The summed E-state index contributed by atoms with van der Waals surface area (Å²) < 4.78 is 11.6. The quantitative estimate of drug-likeness (QED) is 0.00826. The minimum Gasteiger partial charge on any atom is -0.494 e. The highest BCUT2D eigenvalue weighted by atomic mass is 16.5. The van der Waals surface area contributed by atoms with E-state index >= 15 is 0 Å². The third-order valence-electron chi connectivity index (χ3n) is 19.3. The Bertz CT molecular complexity index is 4660. The van der Waals surface area contributed by atoms with Crippen LogP contribution in [0, 0.1) is 23.7 Å². The number of unbranched alkanes of at least 4 members (excludes halogenated alkanes) is 2. The zero-order chi connectivity index (χ0) is 91.7. The molecule has 2 heterocycles. The molecule has 1 fully saturated rings. The number of ether oxygens (including phenoxy) is 2. The number of anilines is 1. The van der Waals surface area contributed by atoms with Gasteiger partial charge in [0.15, 0.2) is 29.2 Å². The largest absolute Gasteiger partial charge is 0.494 e. The number of rotatable bonds is 30. The van der Waals surface area contributed by atoms with Gasteiger partial charge in [-0.25, -0.2) is 4.79 Å². The Kier molecular flexibility index (Phi) is 42.4. The number of hydrogen-bond acceptors (Lipinski definition) is 27. The van der Waals surface area contributed by atoms with Crippen LogP contribution in [0.25, 0.3) is 22.0 Å². The molecule has 1 aliphatic rings. The smallest absolute Gasteiger partial charge is 0.373 e. The predicted molar refractivity (Wildman–Crippen MR) is 430 cm³/mol. The number of carboxylic acids is 2. The topological polar surface area (TPSA) is 669 Å². The molecule has 41 nitrogen and oxygen atoms in total. The van der Waals surface area contributed by atoms with Gasteiger partial charge < -0.3 is 100 Å². The van der Waals surface area contributed by atoms with E-state index in [0.717, 1.165) is 50.3 Å². The number of para-hydroxylation sites is 2. The van der Waals surface area contributed by atoms with Gasteiger partial charge in [-0.2, -0.15) is 19.2 Å². The molecule has 0 aliphatic carbocycles. The van der Waals surface area contributed by atoms with Crippen LogP contribution in [0.3, 0.4) is 0 Å². The molecule has 0 saturated carbocycles. The average Bonchev–Trinajstić information content (AvgIpc) is 1.81. The van der Waals surface area contributed by atoms with Crippen molar-refractivity contribution in [3.05, 3.63) is 120 Å². The van der Waals surface area contributed by atoms with E-state index in [1.807, 2.05) is 24.3 Å². The molecule has 0 unspecified atom stereocenters. The number of carbonyl (C=O) groups is 18. The predicted octanol–water partition coefficient (Wildman–Crippen LogP) is -1.41. The third-order valence-corrected chi connectivity index (χ3v) is 19.3. The number of aromatic amines is 1. The van der Waals surface area contributed by atoms with Crippen molar-refractivity contribution in [1.29, 1.82) is 0 Å². The van der Waals surface area contributed by atoms with Crippen molar-refractivity contribution < 1.29 is 130 Å². The first-order valence-corrected chi connectivity index (χ1v) is 38.9. The van der Waals surface area contributed by atoms with Crippen LogP contribution in [0.1, 0.15) is 138 Å². The second kappa shape index (κ2) is 51.4. The van der Waals surface area contributed by atoms with Crippen LogP contribution in [0.15, 0.2) is 103 Å². The van der Waals surface area contributed by atoms with E-state index in [0.29, 0.717) is 28.8 Å². The molecular weight excluding hydrogens is 1610 g/mol. The number of hydrogen-bond donors (Lipinski definition) is 17. The van der Waals surface area contributed by atoms with Crippen LogP contribution in [-0.4, -0.2) is 226 Å². The number of amides is 11. The minimum absolute atomic E-state index is 0.00105. The number of nitrogens with two attached hydrogens (primary N) is 3. The number of carboxylic acid groups (broad SMARTS) is 2. The summed E-state index contributed by atoms with van der Waals surface area (Å²) in [4.78, 5) is 285. The second-order valence-electron chi connectivity index (χ2n) is 28.8. The summed E-state index contributed by atoms with van der Waals surface area (Å²) >= 11 is 0. The molecule has 1 aromatic heterocycles. The van der Waals surface area contributed by atoms with Crippen molar-refractivity contribution in [3.63, 3.8) is 0 Å². The van der Waals surface area contributed by atoms with E-state index < -0.39 is 248 Å². The first-order chi connectivity index (χ1) is 58.3. The first kappa shape index (κ1) is 101. The highest BCUT2D eigenvalue weighted by Crippen LogP contribution is 2.27. The third kappa shape index (κ3) is 33.2. The van der Waals surface area contributed by atoms with Gasteiger partial charge in [0, 0.05) is 83.8 Å².